The predicted octanol–water partition coefficient (Wildman–Crippen LogP) is 3.77. The van der Waals surface area contributed by atoms with Gasteiger partial charge in [-0.2, -0.15) is 0 Å². The van der Waals surface area contributed by atoms with Crippen LogP contribution in [0.5, 0.6) is 0 Å². The summed E-state index contributed by atoms with van der Waals surface area (Å²) in [7, 11) is 0. The van der Waals surface area contributed by atoms with Crippen molar-refractivity contribution in [3.8, 4) is 0 Å². The molecule has 1 amide bonds. The van der Waals surface area contributed by atoms with Crippen LogP contribution in [0.2, 0.25) is 0 Å². The van der Waals surface area contributed by atoms with Gasteiger partial charge in [0.2, 0.25) is 5.91 Å². The van der Waals surface area contributed by atoms with Crippen molar-refractivity contribution in [1.29, 1.82) is 0 Å². The first kappa shape index (κ1) is 15.7. The summed E-state index contributed by atoms with van der Waals surface area (Å²) in [6.45, 7) is 1.29. The number of carbonyl (C=O) groups is 2. The number of hydrogen-bond acceptors (Lipinski definition) is 2. The van der Waals surface area contributed by atoms with Crippen LogP contribution in [-0.4, -0.2) is 23.1 Å². The summed E-state index contributed by atoms with van der Waals surface area (Å²) in [6.07, 6.45) is 3.58. The van der Waals surface area contributed by atoms with E-state index in [0.717, 1.165) is 10.9 Å². The average Bonchev–Trinajstić information content (AvgIpc) is 2.59. The Morgan fingerprint density at radius 3 is 2.39 bits per heavy atom. The number of benzene rings is 2. The number of rotatable bonds is 3. The van der Waals surface area contributed by atoms with E-state index in [9.17, 15) is 9.59 Å². The standard InChI is InChI=1S/C19H16BrNO2/c20-17-7-5-15(6-8-17)18(22)9-10-19(23)21-12-11-14-3-1-2-4-16(14)13-21/h1-10H,11-13H2/b10-9+. The Morgan fingerprint density at radius 2 is 1.65 bits per heavy atom. The Morgan fingerprint density at radius 1 is 0.957 bits per heavy atom. The smallest absolute Gasteiger partial charge is 0.247 e. The number of carbonyl (C=O) groups excluding carboxylic acids is 2. The number of fused-ring (bicyclic) bond motifs is 1. The summed E-state index contributed by atoms with van der Waals surface area (Å²) in [5.41, 5.74) is 3.05. The van der Waals surface area contributed by atoms with E-state index in [1.165, 1.54) is 23.3 Å². The van der Waals surface area contributed by atoms with Crippen LogP contribution < -0.4 is 0 Å². The molecule has 0 aromatic heterocycles. The summed E-state index contributed by atoms with van der Waals surface area (Å²) in [5.74, 6) is -0.284. The number of halogens is 1. The molecule has 0 saturated carbocycles. The first-order chi connectivity index (χ1) is 11.1. The van der Waals surface area contributed by atoms with Crippen molar-refractivity contribution >= 4 is 27.6 Å². The third-order valence-corrected chi connectivity index (χ3v) is 4.48. The summed E-state index contributed by atoms with van der Waals surface area (Å²) in [6, 6.07) is 15.2. The second kappa shape index (κ2) is 6.92. The topological polar surface area (TPSA) is 37.4 Å². The molecule has 0 spiro atoms. The molecule has 0 fully saturated rings. The third-order valence-electron chi connectivity index (χ3n) is 3.95. The van der Waals surface area contributed by atoms with Gasteiger partial charge in [-0.3, -0.25) is 9.59 Å². The van der Waals surface area contributed by atoms with Crippen LogP contribution in [0.15, 0.2) is 65.2 Å². The third kappa shape index (κ3) is 3.77. The molecule has 116 valence electrons. The van der Waals surface area contributed by atoms with E-state index < -0.39 is 0 Å². The summed E-state index contributed by atoms with van der Waals surface area (Å²) in [4.78, 5) is 26.1. The SMILES string of the molecule is O=C(/C=C/C(=O)N1CCc2ccccc2C1)c1ccc(Br)cc1. The Hall–Kier alpha value is -2.20. The van der Waals surface area contributed by atoms with Crippen molar-refractivity contribution < 1.29 is 9.59 Å². The molecule has 0 atom stereocenters. The zero-order chi connectivity index (χ0) is 16.2. The monoisotopic (exact) mass is 369 g/mol. The van der Waals surface area contributed by atoms with Crippen molar-refractivity contribution in [3.05, 3.63) is 81.8 Å². The molecule has 1 aliphatic heterocycles. The molecule has 3 nitrogen and oxygen atoms in total. The maximum absolute atomic E-state index is 12.3. The predicted molar refractivity (Wildman–Crippen MR) is 93.2 cm³/mol. The molecule has 0 aliphatic carbocycles. The summed E-state index contributed by atoms with van der Waals surface area (Å²) < 4.78 is 0.918. The Labute approximate surface area is 143 Å². The van der Waals surface area contributed by atoms with Gasteiger partial charge in [0.15, 0.2) is 5.78 Å². The second-order valence-corrected chi connectivity index (χ2v) is 6.40. The molecule has 1 aliphatic rings. The zero-order valence-corrected chi connectivity index (χ0v) is 14.1. The van der Waals surface area contributed by atoms with Crippen molar-refractivity contribution in [2.75, 3.05) is 6.54 Å². The summed E-state index contributed by atoms with van der Waals surface area (Å²) >= 11 is 3.33. The van der Waals surface area contributed by atoms with Crippen LogP contribution in [0.3, 0.4) is 0 Å². The van der Waals surface area contributed by atoms with Crippen molar-refractivity contribution in [2.45, 2.75) is 13.0 Å². The quantitative estimate of drug-likeness (QED) is 0.609. The van der Waals surface area contributed by atoms with E-state index in [1.54, 1.807) is 17.0 Å². The maximum atomic E-state index is 12.3. The highest BCUT2D eigenvalue weighted by atomic mass is 79.9. The molecule has 4 heteroatoms. The second-order valence-electron chi connectivity index (χ2n) is 5.48. The lowest BCUT2D eigenvalue weighted by Gasteiger charge is -2.27. The van der Waals surface area contributed by atoms with Crippen LogP contribution in [0, 0.1) is 0 Å². The Kier molecular flexibility index (Phi) is 4.72. The van der Waals surface area contributed by atoms with E-state index in [0.29, 0.717) is 18.7 Å². The zero-order valence-electron chi connectivity index (χ0n) is 12.5. The van der Waals surface area contributed by atoms with Gasteiger partial charge in [0.1, 0.15) is 0 Å². The molecule has 2 aromatic rings. The highest BCUT2D eigenvalue weighted by Gasteiger charge is 2.18. The van der Waals surface area contributed by atoms with Gasteiger partial charge in [0, 0.05) is 29.2 Å². The van der Waals surface area contributed by atoms with E-state index >= 15 is 0 Å². The number of nitrogens with zero attached hydrogens (tertiary/aromatic N) is 1. The van der Waals surface area contributed by atoms with Gasteiger partial charge in [-0.05, 0) is 47.9 Å². The number of allylic oxidation sites excluding steroid dienone is 1. The van der Waals surface area contributed by atoms with Crippen molar-refractivity contribution in [3.63, 3.8) is 0 Å². The average molecular weight is 370 g/mol. The molecule has 0 unspecified atom stereocenters. The van der Waals surface area contributed by atoms with Crippen molar-refractivity contribution in [1.82, 2.24) is 4.90 Å². The minimum Gasteiger partial charge on any atom is -0.334 e. The molecular weight excluding hydrogens is 354 g/mol. The van der Waals surface area contributed by atoms with Gasteiger partial charge in [-0.15, -0.1) is 0 Å². The van der Waals surface area contributed by atoms with E-state index in [4.69, 9.17) is 0 Å². The van der Waals surface area contributed by atoms with Crippen molar-refractivity contribution in [2.24, 2.45) is 0 Å². The molecule has 1 heterocycles. The van der Waals surface area contributed by atoms with Gasteiger partial charge in [-0.25, -0.2) is 0 Å². The fraction of sp³-hybridized carbons (Fsp3) is 0.158. The molecular formula is C19H16BrNO2. The molecule has 0 radical (unpaired) electrons. The van der Waals surface area contributed by atoms with Crippen LogP contribution in [0.25, 0.3) is 0 Å². The molecule has 23 heavy (non-hydrogen) atoms. The number of amides is 1. The van der Waals surface area contributed by atoms with Gasteiger partial charge in [-0.1, -0.05) is 40.2 Å². The lowest BCUT2D eigenvalue weighted by atomic mass is 10.00. The van der Waals surface area contributed by atoms with E-state index in [-0.39, 0.29) is 11.7 Å². The van der Waals surface area contributed by atoms with Crippen LogP contribution >= 0.6 is 15.9 Å². The lowest BCUT2D eigenvalue weighted by molar-refractivity contribution is -0.126. The van der Waals surface area contributed by atoms with Crippen LogP contribution in [0.1, 0.15) is 21.5 Å². The van der Waals surface area contributed by atoms with E-state index in [2.05, 4.69) is 22.0 Å². The highest BCUT2D eigenvalue weighted by Crippen LogP contribution is 2.18. The molecule has 0 saturated heterocycles. The Balaban J connectivity index is 1.65. The highest BCUT2D eigenvalue weighted by molar-refractivity contribution is 9.10. The number of hydrogen-bond donors (Lipinski definition) is 0. The van der Waals surface area contributed by atoms with Gasteiger partial charge >= 0.3 is 0 Å². The number of ketones is 1. The molecule has 0 N–H and O–H groups in total. The minimum absolute atomic E-state index is 0.120. The molecule has 0 bridgehead atoms. The summed E-state index contributed by atoms with van der Waals surface area (Å²) in [5, 5.41) is 0. The lowest BCUT2D eigenvalue weighted by Crippen LogP contribution is -2.34. The largest absolute Gasteiger partial charge is 0.334 e. The fourth-order valence-electron chi connectivity index (χ4n) is 2.65. The van der Waals surface area contributed by atoms with Crippen LogP contribution in [-0.2, 0) is 17.8 Å². The minimum atomic E-state index is -0.164. The normalized spacial score (nSPS) is 13.9. The van der Waals surface area contributed by atoms with Gasteiger partial charge < -0.3 is 4.90 Å². The van der Waals surface area contributed by atoms with Gasteiger partial charge in [0.05, 0.1) is 0 Å². The maximum Gasteiger partial charge on any atom is 0.247 e. The van der Waals surface area contributed by atoms with Crippen LogP contribution in [0.4, 0.5) is 0 Å². The fourth-order valence-corrected chi connectivity index (χ4v) is 2.91. The van der Waals surface area contributed by atoms with E-state index in [1.807, 2.05) is 30.3 Å². The Bertz CT molecular complexity index is 765. The van der Waals surface area contributed by atoms with Gasteiger partial charge in [0.25, 0.3) is 0 Å². The molecule has 2 aromatic carbocycles. The first-order valence-electron chi connectivity index (χ1n) is 7.47. The molecule has 3 rings (SSSR count). The first-order valence-corrected chi connectivity index (χ1v) is 8.26.